The van der Waals surface area contributed by atoms with Gasteiger partial charge in [0.05, 0.1) is 11.0 Å². The summed E-state index contributed by atoms with van der Waals surface area (Å²) in [4.78, 5) is 2.51. The zero-order chi connectivity index (χ0) is 13.5. The van der Waals surface area contributed by atoms with Crippen LogP contribution < -0.4 is 0 Å². The van der Waals surface area contributed by atoms with Crippen LogP contribution >= 0.6 is 28.3 Å². The Balaban J connectivity index is 0.00000147. The van der Waals surface area contributed by atoms with Crippen molar-refractivity contribution in [2.24, 2.45) is 5.92 Å². The standard InChI is InChI=1S/C13H16BrNO3S.ClH/c14-11-1-3-12(4-2-11)19(16,17)18-13-9-15-7-5-10(13)6-8-15;/h1-4,10,13H,5-9H2;1H/t13-;/m0./s1. The maximum atomic E-state index is 12.2. The van der Waals surface area contributed by atoms with Crippen molar-refractivity contribution in [3.63, 3.8) is 0 Å². The van der Waals surface area contributed by atoms with Crippen LogP contribution in [0.1, 0.15) is 12.8 Å². The maximum Gasteiger partial charge on any atom is 0.297 e. The highest BCUT2D eigenvalue weighted by molar-refractivity contribution is 9.10. The van der Waals surface area contributed by atoms with Crippen molar-refractivity contribution >= 4 is 38.5 Å². The summed E-state index contributed by atoms with van der Waals surface area (Å²) in [6, 6.07) is 6.57. The van der Waals surface area contributed by atoms with E-state index < -0.39 is 10.1 Å². The molecule has 2 bridgehead atoms. The van der Waals surface area contributed by atoms with Gasteiger partial charge in [-0.1, -0.05) is 15.9 Å². The van der Waals surface area contributed by atoms with Gasteiger partial charge in [0.25, 0.3) is 10.1 Å². The van der Waals surface area contributed by atoms with Crippen molar-refractivity contribution in [3.8, 4) is 0 Å². The average Bonchev–Trinajstić information content (AvgIpc) is 2.40. The summed E-state index contributed by atoms with van der Waals surface area (Å²) in [5.74, 6) is 0.384. The van der Waals surface area contributed by atoms with Crippen molar-refractivity contribution in [3.05, 3.63) is 28.7 Å². The van der Waals surface area contributed by atoms with E-state index in [9.17, 15) is 8.42 Å². The van der Waals surface area contributed by atoms with Crippen LogP contribution in [0.5, 0.6) is 0 Å². The number of benzene rings is 1. The Bertz CT molecular complexity index is 555. The van der Waals surface area contributed by atoms with Gasteiger partial charge in [-0.05, 0) is 56.1 Å². The van der Waals surface area contributed by atoms with Crippen LogP contribution in [-0.4, -0.2) is 39.1 Å². The first-order valence-electron chi connectivity index (χ1n) is 6.46. The average molecular weight is 383 g/mol. The topological polar surface area (TPSA) is 46.6 Å². The van der Waals surface area contributed by atoms with Crippen molar-refractivity contribution in [2.45, 2.75) is 23.8 Å². The summed E-state index contributed by atoms with van der Waals surface area (Å²) >= 11 is 3.29. The summed E-state index contributed by atoms with van der Waals surface area (Å²) in [6.45, 7) is 2.88. The SMILES string of the molecule is Cl.O=S(=O)(O[C@H]1CN2CCC1CC2)c1ccc(Br)cc1. The van der Waals surface area contributed by atoms with E-state index in [0.29, 0.717) is 5.92 Å². The molecule has 7 heteroatoms. The van der Waals surface area contributed by atoms with E-state index in [-0.39, 0.29) is 23.4 Å². The molecule has 3 heterocycles. The van der Waals surface area contributed by atoms with Crippen LogP contribution in [0.15, 0.2) is 33.6 Å². The summed E-state index contributed by atoms with van der Waals surface area (Å²) in [7, 11) is -3.65. The lowest BCUT2D eigenvalue weighted by Gasteiger charge is -2.43. The Morgan fingerprint density at radius 3 is 2.25 bits per heavy atom. The molecular weight excluding hydrogens is 366 g/mol. The van der Waals surface area contributed by atoms with Crippen molar-refractivity contribution in [1.29, 1.82) is 0 Å². The van der Waals surface area contributed by atoms with Crippen LogP contribution in [0.4, 0.5) is 0 Å². The molecule has 0 saturated carbocycles. The molecule has 4 rings (SSSR count). The first-order valence-corrected chi connectivity index (χ1v) is 8.66. The normalized spacial score (nSPS) is 28.9. The monoisotopic (exact) mass is 381 g/mol. The first kappa shape index (κ1) is 16.2. The van der Waals surface area contributed by atoms with E-state index in [1.807, 2.05) is 0 Å². The zero-order valence-corrected chi connectivity index (χ0v) is 14.1. The lowest BCUT2D eigenvalue weighted by atomic mass is 9.86. The molecule has 1 aromatic rings. The predicted molar refractivity (Wildman–Crippen MR) is 82.6 cm³/mol. The Labute approximate surface area is 134 Å². The van der Waals surface area contributed by atoms with Gasteiger partial charge in [0.15, 0.2) is 0 Å². The molecule has 0 unspecified atom stereocenters. The van der Waals surface area contributed by atoms with Crippen LogP contribution in [0, 0.1) is 5.92 Å². The van der Waals surface area contributed by atoms with Crippen molar-refractivity contribution < 1.29 is 12.6 Å². The van der Waals surface area contributed by atoms with Crippen LogP contribution in [0.2, 0.25) is 0 Å². The Morgan fingerprint density at radius 2 is 1.75 bits per heavy atom. The Kier molecular flexibility index (Phi) is 5.13. The molecule has 112 valence electrons. The quantitative estimate of drug-likeness (QED) is 0.754. The molecule has 3 fully saturated rings. The number of hydrogen-bond donors (Lipinski definition) is 0. The highest BCUT2D eigenvalue weighted by Gasteiger charge is 2.37. The molecule has 1 atom stereocenters. The molecule has 0 aliphatic carbocycles. The van der Waals surface area contributed by atoms with Crippen LogP contribution in [0.3, 0.4) is 0 Å². The van der Waals surface area contributed by atoms with E-state index in [4.69, 9.17) is 4.18 Å². The zero-order valence-electron chi connectivity index (χ0n) is 10.9. The molecule has 3 aliphatic heterocycles. The van der Waals surface area contributed by atoms with Crippen LogP contribution in [-0.2, 0) is 14.3 Å². The molecular formula is C13H17BrClNO3S. The van der Waals surface area contributed by atoms with Gasteiger partial charge in [0.2, 0.25) is 0 Å². The third-order valence-electron chi connectivity index (χ3n) is 3.95. The minimum Gasteiger partial charge on any atom is -0.301 e. The number of fused-ring (bicyclic) bond motifs is 3. The molecule has 0 aromatic heterocycles. The molecule has 20 heavy (non-hydrogen) atoms. The number of halogens is 2. The maximum absolute atomic E-state index is 12.2. The number of nitrogens with zero attached hydrogens (tertiary/aromatic N) is 1. The second kappa shape index (κ2) is 6.32. The van der Waals surface area contributed by atoms with Gasteiger partial charge >= 0.3 is 0 Å². The molecule has 1 aromatic carbocycles. The number of rotatable bonds is 3. The molecule has 3 saturated heterocycles. The third kappa shape index (κ3) is 3.36. The number of piperidine rings is 3. The van der Waals surface area contributed by atoms with Gasteiger partial charge in [0.1, 0.15) is 0 Å². The lowest BCUT2D eigenvalue weighted by Crippen LogP contribution is -2.51. The molecule has 4 nitrogen and oxygen atoms in total. The van der Waals surface area contributed by atoms with E-state index >= 15 is 0 Å². The van der Waals surface area contributed by atoms with Gasteiger partial charge in [-0.2, -0.15) is 8.42 Å². The van der Waals surface area contributed by atoms with Gasteiger partial charge in [0, 0.05) is 11.0 Å². The fraction of sp³-hybridized carbons (Fsp3) is 0.538. The van der Waals surface area contributed by atoms with E-state index in [2.05, 4.69) is 20.8 Å². The Hall–Kier alpha value is -0.140. The van der Waals surface area contributed by atoms with Gasteiger partial charge in [-0.25, -0.2) is 0 Å². The molecule has 0 N–H and O–H groups in total. The minimum absolute atomic E-state index is 0. The third-order valence-corrected chi connectivity index (χ3v) is 5.83. The fourth-order valence-electron chi connectivity index (χ4n) is 2.84. The van der Waals surface area contributed by atoms with E-state index in [1.165, 1.54) is 0 Å². The minimum atomic E-state index is -3.65. The largest absolute Gasteiger partial charge is 0.301 e. The lowest BCUT2D eigenvalue weighted by molar-refractivity contribution is -0.00428. The summed E-state index contributed by atoms with van der Waals surface area (Å²) in [6.07, 6.45) is 1.90. The summed E-state index contributed by atoms with van der Waals surface area (Å²) < 4.78 is 30.8. The van der Waals surface area contributed by atoms with Gasteiger partial charge in [-0.3, -0.25) is 4.18 Å². The highest BCUT2D eigenvalue weighted by Crippen LogP contribution is 2.31. The second-order valence-corrected chi connectivity index (χ2v) is 7.67. The Morgan fingerprint density at radius 1 is 1.15 bits per heavy atom. The number of hydrogen-bond acceptors (Lipinski definition) is 4. The molecule has 0 spiro atoms. The smallest absolute Gasteiger partial charge is 0.297 e. The van der Waals surface area contributed by atoms with Crippen molar-refractivity contribution in [2.75, 3.05) is 19.6 Å². The second-order valence-electron chi connectivity index (χ2n) is 5.18. The summed E-state index contributed by atoms with van der Waals surface area (Å²) in [5.41, 5.74) is 0. The summed E-state index contributed by atoms with van der Waals surface area (Å²) in [5, 5.41) is 0. The van der Waals surface area contributed by atoms with Gasteiger partial charge < -0.3 is 4.90 Å². The van der Waals surface area contributed by atoms with Crippen molar-refractivity contribution in [1.82, 2.24) is 4.90 Å². The predicted octanol–water partition coefficient (Wildman–Crippen LogP) is 2.67. The molecule has 3 aliphatic rings. The fourth-order valence-corrected chi connectivity index (χ4v) is 4.23. The van der Waals surface area contributed by atoms with E-state index in [1.54, 1.807) is 24.3 Å². The first-order chi connectivity index (χ1) is 9.04. The molecule has 0 amide bonds. The highest BCUT2D eigenvalue weighted by atomic mass is 79.9. The molecule has 0 radical (unpaired) electrons. The van der Waals surface area contributed by atoms with E-state index in [0.717, 1.165) is 36.9 Å². The van der Waals surface area contributed by atoms with Gasteiger partial charge in [-0.15, -0.1) is 12.4 Å². The van der Waals surface area contributed by atoms with Crippen LogP contribution in [0.25, 0.3) is 0 Å².